The third kappa shape index (κ3) is 2.81. The molecule has 10 heteroatoms. The molecule has 4 aromatic heterocycles. The fraction of sp³-hybridized carbons (Fsp3) is 0.188. The molecule has 0 fully saturated rings. The number of aromatic amines is 1. The predicted molar refractivity (Wildman–Crippen MR) is 91.8 cm³/mol. The molecular weight excluding hydrogens is 339 g/mol. The minimum Gasteiger partial charge on any atom is -0.481 e. The number of hydrogen-bond acceptors (Lipinski definition) is 7. The summed E-state index contributed by atoms with van der Waals surface area (Å²) in [7, 11) is 1.55. The lowest BCUT2D eigenvalue weighted by molar-refractivity contribution is 0.397. The number of fused-ring (bicyclic) bond motifs is 1. The maximum Gasteiger partial charge on any atom is 0.218 e. The number of nitrogens with one attached hydrogen (secondary N) is 2. The first-order valence-corrected chi connectivity index (χ1v) is 7.84. The lowest BCUT2D eigenvalue weighted by atomic mass is 10.1. The standard InChI is InChI=1S/C16H15FN8O/c1-9(10-4-3-7-18-15(10)17)25-16-11(21-24-25)5-6-12(20-16)19-13-8-14(26-2)23-22-13/h3-9H,1-2H3,(H2,19,20,22,23)/t9-/m0/s1. The molecule has 26 heavy (non-hydrogen) atoms. The van der Waals surface area contributed by atoms with E-state index in [-0.39, 0.29) is 0 Å². The van der Waals surface area contributed by atoms with Crippen molar-refractivity contribution in [1.29, 1.82) is 0 Å². The number of ether oxygens (including phenoxy) is 1. The molecule has 4 aromatic rings. The van der Waals surface area contributed by atoms with Crippen LogP contribution in [0.2, 0.25) is 0 Å². The van der Waals surface area contributed by atoms with Gasteiger partial charge in [0.15, 0.2) is 11.5 Å². The number of methoxy groups -OCH3 is 1. The quantitative estimate of drug-likeness (QED) is 0.530. The van der Waals surface area contributed by atoms with Gasteiger partial charge in [-0.15, -0.1) is 5.10 Å². The van der Waals surface area contributed by atoms with Crippen LogP contribution in [-0.2, 0) is 0 Å². The molecule has 0 amide bonds. The van der Waals surface area contributed by atoms with E-state index in [4.69, 9.17) is 4.74 Å². The molecule has 0 aliphatic heterocycles. The maximum atomic E-state index is 14.0. The monoisotopic (exact) mass is 354 g/mol. The Bertz CT molecular complexity index is 1060. The van der Waals surface area contributed by atoms with Crippen molar-refractivity contribution in [3.8, 4) is 5.88 Å². The second-order valence-corrected chi connectivity index (χ2v) is 5.58. The van der Waals surface area contributed by atoms with Gasteiger partial charge in [-0.3, -0.25) is 0 Å². The number of H-pyrrole nitrogens is 1. The van der Waals surface area contributed by atoms with Crippen LogP contribution >= 0.6 is 0 Å². The van der Waals surface area contributed by atoms with Gasteiger partial charge in [-0.05, 0) is 25.1 Å². The molecule has 0 unspecified atom stereocenters. The van der Waals surface area contributed by atoms with Crippen LogP contribution in [0.4, 0.5) is 16.0 Å². The molecule has 0 radical (unpaired) electrons. The Morgan fingerprint density at radius 1 is 1.27 bits per heavy atom. The van der Waals surface area contributed by atoms with Gasteiger partial charge in [-0.25, -0.2) is 19.7 Å². The van der Waals surface area contributed by atoms with Gasteiger partial charge in [-0.1, -0.05) is 11.3 Å². The Balaban J connectivity index is 1.69. The molecule has 2 N–H and O–H groups in total. The number of aromatic nitrogens is 7. The maximum absolute atomic E-state index is 14.0. The van der Waals surface area contributed by atoms with Crippen molar-refractivity contribution in [2.75, 3.05) is 12.4 Å². The van der Waals surface area contributed by atoms with Crippen LogP contribution in [0.25, 0.3) is 11.2 Å². The predicted octanol–water partition coefficient (Wildman–Crippen LogP) is 2.44. The fourth-order valence-corrected chi connectivity index (χ4v) is 2.60. The normalized spacial score (nSPS) is 12.3. The van der Waals surface area contributed by atoms with Crippen LogP contribution in [0.15, 0.2) is 36.5 Å². The van der Waals surface area contributed by atoms with Gasteiger partial charge in [0.1, 0.15) is 11.3 Å². The van der Waals surface area contributed by atoms with Crippen LogP contribution < -0.4 is 10.1 Å². The van der Waals surface area contributed by atoms with Crippen LogP contribution in [-0.4, -0.2) is 42.3 Å². The van der Waals surface area contributed by atoms with Crippen LogP contribution in [0.1, 0.15) is 18.5 Å². The molecule has 4 heterocycles. The lowest BCUT2D eigenvalue weighted by Crippen LogP contribution is -2.12. The summed E-state index contributed by atoms with van der Waals surface area (Å²) in [4.78, 5) is 8.22. The third-order valence-corrected chi connectivity index (χ3v) is 3.96. The van der Waals surface area contributed by atoms with E-state index < -0.39 is 12.0 Å². The third-order valence-electron chi connectivity index (χ3n) is 3.96. The van der Waals surface area contributed by atoms with Crippen molar-refractivity contribution in [2.24, 2.45) is 0 Å². The zero-order valence-electron chi connectivity index (χ0n) is 14.0. The topological polar surface area (TPSA) is 106 Å². The molecule has 0 spiro atoms. The number of nitrogens with zero attached hydrogens (tertiary/aromatic N) is 6. The molecular formula is C16H15FN8O. The van der Waals surface area contributed by atoms with Crippen LogP contribution in [0.3, 0.4) is 0 Å². The van der Waals surface area contributed by atoms with Crippen LogP contribution in [0.5, 0.6) is 5.88 Å². The molecule has 0 aliphatic rings. The Morgan fingerprint density at radius 3 is 2.92 bits per heavy atom. The van der Waals surface area contributed by atoms with Gasteiger partial charge in [0.25, 0.3) is 0 Å². The van der Waals surface area contributed by atoms with Gasteiger partial charge in [0.05, 0.1) is 13.2 Å². The van der Waals surface area contributed by atoms with E-state index in [1.54, 1.807) is 42.1 Å². The second kappa shape index (κ2) is 6.39. The van der Waals surface area contributed by atoms with E-state index in [0.717, 1.165) is 0 Å². The summed E-state index contributed by atoms with van der Waals surface area (Å²) in [5, 5.41) is 18.1. The summed E-state index contributed by atoms with van der Waals surface area (Å²) in [6.45, 7) is 1.81. The van der Waals surface area contributed by atoms with Gasteiger partial charge in [0.2, 0.25) is 11.8 Å². The van der Waals surface area contributed by atoms with Crippen molar-refractivity contribution in [3.63, 3.8) is 0 Å². The first kappa shape index (κ1) is 15.9. The summed E-state index contributed by atoms with van der Waals surface area (Å²) in [5.41, 5.74) is 1.54. The van der Waals surface area contributed by atoms with Crippen molar-refractivity contribution in [2.45, 2.75) is 13.0 Å². The van der Waals surface area contributed by atoms with Crippen molar-refractivity contribution < 1.29 is 9.13 Å². The average molecular weight is 354 g/mol. The lowest BCUT2D eigenvalue weighted by Gasteiger charge is -2.12. The van der Waals surface area contributed by atoms with E-state index in [1.807, 2.05) is 6.92 Å². The SMILES string of the molecule is COc1cc(Nc2ccc3nnn([C@@H](C)c4cccnc4F)c3n2)n[nH]1. The Morgan fingerprint density at radius 2 is 2.15 bits per heavy atom. The van der Waals surface area contributed by atoms with E-state index in [9.17, 15) is 4.39 Å². The highest BCUT2D eigenvalue weighted by molar-refractivity contribution is 5.73. The Hall–Kier alpha value is -3.56. The zero-order valence-corrected chi connectivity index (χ0v) is 14.0. The molecule has 0 aliphatic carbocycles. The molecule has 0 bridgehead atoms. The summed E-state index contributed by atoms with van der Waals surface area (Å²) in [6, 6.07) is 8.18. The van der Waals surface area contributed by atoms with Gasteiger partial charge in [0, 0.05) is 17.8 Å². The first-order valence-electron chi connectivity index (χ1n) is 7.84. The molecule has 0 saturated heterocycles. The highest BCUT2D eigenvalue weighted by atomic mass is 19.1. The zero-order chi connectivity index (χ0) is 18.1. The Labute approximate surface area is 147 Å². The number of pyridine rings is 2. The largest absolute Gasteiger partial charge is 0.481 e. The number of anilines is 2. The first-order chi connectivity index (χ1) is 12.7. The van der Waals surface area contributed by atoms with E-state index >= 15 is 0 Å². The van der Waals surface area contributed by atoms with E-state index in [0.29, 0.717) is 34.2 Å². The molecule has 132 valence electrons. The average Bonchev–Trinajstić information content (AvgIpc) is 3.28. The van der Waals surface area contributed by atoms with Gasteiger partial charge < -0.3 is 10.1 Å². The fourth-order valence-electron chi connectivity index (χ4n) is 2.60. The summed E-state index contributed by atoms with van der Waals surface area (Å²) in [6.07, 6.45) is 1.41. The summed E-state index contributed by atoms with van der Waals surface area (Å²) >= 11 is 0. The van der Waals surface area contributed by atoms with Crippen molar-refractivity contribution in [3.05, 3.63) is 48.0 Å². The number of halogens is 1. The number of hydrogen-bond donors (Lipinski definition) is 2. The smallest absolute Gasteiger partial charge is 0.218 e. The molecule has 4 rings (SSSR count). The molecule has 0 saturated carbocycles. The molecule has 9 nitrogen and oxygen atoms in total. The highest BCUT2D eigenvalue weighted by Gasteiger charge is 2.18. The van der Waals surface area contributed by atoms with Crippen LogP contribution in [0, 0.1) is 5.95 Å². The minimum absolute atomic E-state index is 0.413. The van der Waals surface area contributed by atoms with E-state index in [2.05, 4.69) is 35.8 Å². The van der Waals surface area contributed by atoms with Crippen molar-refractivity contribution >= 4 is 22.8 Å². The van der Waals surface area contributed by atoms with Gasteiger partial charge >= 0.3 is 0 Å². The molecule has 1 atom stereocenters. The highest BCUT2D eigenvalue weighted by Crippen LogP contribution is 2.24. The summed E-state index contributed by atoms with van der Waals surface area (Å²) in [5.74, 6) is 1.09. The second-order valence-electron chi connectivity index (χ2n) is 5.58. The minimum atomic E-state index is -0.540. The number of rotatable bonds is 5. The summed E-state index contributed by atoms with van der Waals surface area (Å²) < 4.78 is 20.6. The van der Waals surface area contributed by atoms with Gasteiger partial charge in [-0.2, -0.15) is 9.49 Å². The van der Waals surface area contributed by atoms with Crippen molar-refractivity contribution in [1.82, 2.24) is 35.2 Å². The van der Waals surface area contributed by atoms with E-state index in [1.165, 1.54) is 6.20 Å². The Kier molecular flexibility index (Phi) is 3.92. The molecule has 0 aromatic carbocycles.